The van der Waals surface area contributed by atoms with E-state index in [0.29, 0.717) is 54.2 Å². The molecule has 2 aromatic heterocycles. The van der Waals surface area contributed by atoms with Gasteiger partial charge in [-0.2, -0.15) is 4.98 Å². The van der Waals surface area contributed by atoms with E-state index < -0.39 is 11.2 Å². The molecule has 1 aliphatic rings. The van der Waals surface area contributed by atoms with E-state index in [1.807, 2.05) is 16.7 Å². The van der Waals surface area contributed by atoms with Gasteiger partial charge >= 0.3 is 5.69 Å². The summed E-state index contributed by atoms with van der Waals surface area (Å²) in [4.78, 5) is 48.1. The SMILES string of the molecule is CCCC(=O)N1CCN(c2nc3c(c(=O)[nH]c(=O)n3C)n2Cc2ccc(Cl)cc2Cl)CC1. The van der Waals surface area contributed by atoms with Crippen LogP contribution in [0.4, 0.5) is 5.95 Å². The molecule has 1 fully saturated rings. The van der Waals surface area contributed by atoms with Crippen LogP contribution in [0.2, 0.25) is 10.0 Å². The molecule has 4 rings (SSSR count). The van der Waals surface area contributed by atoms with Gasteiger partial charge in [0.1, 0.15) is 0 Å². The largest absolute Gasteiger partial charge is 0.339 e. The molecule has 3 heterocycles. The van der Waals surface area contributed by atoms with Crippen molar-refractivity contribution in [3.05, 3.63) is 54.6 Å². The first-order valence-corrected chi connectivity index (χ1v) is 11.2. The summed E-state index contributed by atoms with van der Waals surface area (Å²) in [6.45, 7) is 4.54. The van der Waals surface area contributed by atoms with Gasteiger partial charge in [0.05, 0.1) is 6.54 Å². The Labute approximate surface area is 194 Å². The molecule has 32 heavy (non-hydrogen) atoms. The van der Waals surface area contributed by atoms with Crippen LogP contribution in [0.3, 0.4) is 0 Å². The summed E-state index contributed by atoms with van der Waals surface area (Å²) in [6.07, 6.45) is 1.35. The molecular formula is C21H24Cl2N6O3. The lowest BCUT2D eigenvalue weighted by Crippen LogP contribution is -2.49. The van der Waals surface area contributed by atoms with Gasteiger partial charge in [-0.25, -0.2) is 4.79 Å². The number of imidazole rings is 1. The van der Waals surface area contributed by atoms with Crippen molar-refractivity contribution in [2.24, 2.45) is 7.05 Å². The zero-order chi connectivity index (χ0) is 23.0. The van der Waals surface area contributed by atoms with Crippen LogP contribution >= 0.6 is 23.2 Å². The zero-order valence-electron chi connectivity index (χ0n) is 17.9. The number of aromatic amines is 1. The van der Waals surface area contributed by atoms with Gasteiger partial charge in [0.2, 0.25) is 11.9 Å². The summed E-state index contributed by atoms with van der Waals surface area (Å²) in [6, 6.07) is 5.19. The van der Waals surface area contributed by atoms with Crippen LogP contribution in [0.1, 0.15) is 25.3 Å². The predicted octanol–water partition coefficient (Wildman–Crippen LogP) is 2.23. The van der Waals surface area contributed by atoms with Crippen molar-refractivity contribution >= 4 is 46.2 Å². The van der Waals surface area contributed by atoms with Crippen LogP contribution in [0.25, 0.3) is 11.2 Å². The van der Waals surface area contributed by atoms with Crippen LogP contribution in [0, 0.1) is 0 Å². The topological polar surface area (TPSA) is 96.2 Å². The number of H-pyrrole nitrogens is 1. The Hall–Kier alpha value is -2.78. The molecule has 0 radical (unpaired) electrons. The average molecular weight is 479 g/mol. The standard InChI is InChI=1S/C21H24Cl2N6O3/c1-3-4-16(30)27-7-9-28(10-8-27)20-24-18-17(19(31)25-21(32)26(18)2)29(20)12-13-5-6-14(22)11-15(13)23/h5-6,11H,3-4,7-10,12H2,1-2H3,(H,25,31,32). The summed E-state index contributed by atoms with van der Waals surface area (Å²) in [5.41, 5.74) is 0.310. The minimum atomic E-state index is -0.529. The lowest BCUT2D eigenvalue weighted by Gasteiger charge is -2.35. The molecule has 0 bridgehead atoms. The smallest absolute Gasteiger partial charge is 0.329 e. The van der Waals surface area contributed by atoms with Crippen LogP contribution in [0.5, 0.6) is 0 Å². The van der Waals surface area contributed by atoms with Crippen LogP contribution in [-0.4, -0.2) is 56.1 Å². The third kappa shape index (κ3) is 4.14. The lowest BCUT2D eigenvalue weighted by atomic mass is 10.2. The van der Waals surface area contributed by atoms with E-state index >= 15 is 0 Å². The molecule has 0 aliphatic carbocycles. The Bertz CT molecular complexity index is 1290. The van der Waals surface area contributed by atoms with Gasteiger partial charge in [0, 0.05) is 49.7 Å². The normalized spacial score (nSPS) is 14.4. The number of piperazine rings is 1. The van der Waals surface area contributed by atoms with E-state index in [4.69, 9.17) is 23.2 Å². The quantitative estimate of drug-likeness (QED) is 0.606. The first-order chi connectivity index (χ1) is 15.3. The Balaban J connectivity index is 1.77. The number of nitrogens with one attached hydrogen (secondary N) is 1. The molecule has 1 aliphatic heterocycles. The van der Waals surface area contributed by atoms with Crippen molar-refractivity contribution in [1.29, 1.82) is 0 Å². The van der Waals surface area contributed by atoms with Gasteiger partial charge < -0.3 is 9.80 Å². The fourth-order valence-electron chi connectivity index (χ4n) is 3.96. The number of nitrogens with zero attached hydrogens (tertiary/aromatic N) is 5. The molecule has 0 spiro atoms. The van der Waals surface area contributed by atoms with E-state index in [1.54, 1.807) is 29.8 Å². The summed E-state index contributed by atoms with van der Waals surface area (Å²) in [5, 5.41) is 0.990. The van der Waals surface area contributed by atoms with E-state index in [1.165, 1.54) is 4.57 Å². The number of aromatic nitrogens is 4. The average Bonchev–Trinajstić information content (AvgIpc) is 3.14. The number of hydrogen-bond acceptors (Lipinski definition) is 5. The number of anilines is 1. The summed E-state index contributed by atoms with van der Waals surface area (Å²) in [5.74, 6) is 0.702. The lowest BCUT2D eigenvalue weighted by molar-refractivity contribution is -0.131. The van der Waals surface area contributed by atoms with Gasteiger partial charge in [-0.05, 0) is 24.1 Å². The number of halogens is 2. The second-order valence-electron chi connectivity index (χ2n) is 7.84. The highest BCUT2D eigenvalue weighted by atomic mass is 35.5. The molecule has 1 N–H and O–H groups in total. The third-order valence-corrected chi connectivity index (χ3v) is 6.30. The van der Waals surface area contributed by atoms with Gasteiger partial charge in [0.15, 0.2) is 11.2 Å². The minimum Gasteiger partial charge on any atom is -0.339 e. The van der Waals surface area contributed by atoms with Gasteiger partial charge in [0.25, 0.3) is 5.56 Å². The number of carbonyl (C=O) groups excluding carboxylic acids is 1. The van der Waals surface area contributed by atoms with Crippen molar-refractivity contribution in [2.45, 2.75) is 26.3 Å². The van der Waals surface area contributed by atoms with Crippen LogP contribution in [0.15, 0.2) is 27.8 Å². The predicted molar refractivity (Wildman–Crippen MR) is 125 cm³/mol. The Kier molecular flexibility index (Phi) is 6.30. The highest BCUT2D eigenvalue weighted by Gasteiger charge is 2.26. The third-order valence-electron chi connectivity index (χ3n) is 5.71. The summed E-state index contributed by atoms with van der Waals surface area (Å²) >= 11 is 12.4. The van der Waals surface area contributed by atoms with Crippen molar-refractivity contribution in [3.8, 4) is 0 Å². The monoisotopic (exact) mass is 478 g/mol. The second-order valence-corrected chi connectivity index (χ2v) is 8.69. The van der Waals surface area contributed by atoms with Crippen molar-refractivity contribution in [1.82, 2.24) is 24.0 Å². The molecule has 1 amide bonds. The zero-order valence-corrected chi connectivity index (χ0v) is 19.4. The van der Waals surface area contributed by atoms with Crippen LogP contribution in [-0.2, 0) is 18.4 Å². The number of aryl methyl sites for hydroxylation is 1. The summed E-state index contributed by atoms with van der Waals surface area (Å²) < 4.78 is 3.09. The summed E-state index contributed by atoms with van der Waals surface area (Å²) in [7, 11) is 1.57. The van der Waals surface area contributed by atoms with Gasteiger partial charge in [-0.1, -0.05) is 36.2 Å². The molecule has 0 atom stereocenters. The van der Waals surface area contributed by atoms with Crippen molar-refractivity contribution in [2.75, 3.05) is 31.1 Å². The first kappa shape index (κ1) is 22.4. The highest BCUT2D eigenvalue weighted by molar-refractivity contribution is 6.35. The molecule has 170 valence electrons. The number of rotatable bonds is 5. The first-order valence-electron chi connectivity index (χ1n) is 10.5. The number of carbonyl (C=O) groups is 1. The Morgan fingerprint density at radius 2 is 1.88 bits per heavy atom. The Morgan fingerprint density at radius 1 is 1.16 bits per heavy atom. The maximum atomic E-state index is 12.8. The van der Waals surface area contributed by atoms with E-state index in [2.05, 4.69) is 9.97 Å². The molecule has 11 heteroatoms. The van der Waals surface area contributed by atoms with Crippen molar-refractivity contribution < 1.29 is 4.79 Å². The van der Waals surface area contributed by atoms with Crippen molar-refractivity contribution in [3.63, 3.8) is 0 Å². The minimum absolute atomic E-state index is 0.146. The molecule has 3 aromatic rings. The molecule has 0 saturated carbocycles. The fourth-order valence-corrected chi connectivity index (χ4v) is 4.43. The van der Waals surface area contributed by atoms with Gasteiger partial charge in [-0.3, -0.25) is 23.7 Å². The highest BCUT2D eigenvalue weighted by Crippen LogP contribution is 2.26. The number of benzene rings is 1. The number of fused-ring (bicyclic) bond motifs is 1. The number of amides is 1. The molecule has 9 nitrogen and oxygen atoms in total. The van der Waals surface area contributed by atoms with Crippen LogP contribution < -0.4 is 16.1 Å². The van der Waals surface area contributed by atoms with Gasteiger partial charge in [-0.15, -0.1) is 0 Å². The number of hydrogen-bond donors (Lipinski definition) is 1. The van der Waals surface area contributed by atoms with E-state index in [9.17, 15) is 14.4 Å². The maximum absolute atomic E-state index is 12.8. The van der Waals surface area contributed by atoms with E-state index in [-0.39, 0.29) is 18.0 Å². The maximum Gasteiger partial charge on any atom is 0.329 e. The molecular weight excluding hydrogens is 455 g/mol. The fraction of sp³-hybridized carbons (Fsp3) is 0.429. The Morgan fingerprint density at radius 3 is 2.53 bits per heavy atom. The molecule has 0 unspecified atom stereocenters. The van der Waals surface area contributed by atoms with E-state index in [0.717, 1.165) is 12.0 Å². The second kappa shape index (κ2) is 8.99. The molecule has 1 aromatic carbocycles. The molecule has 1 saturated heterocycles.